The van der Waals surface area contributed by atoms with Crippen molar-refractivity contribution in [2.45, 2.75) is 38.1 Å². The Labute approximate surface area is 109 Å². The van der Waals surface area contributed by atoms with Crippen molar-refractivity contribution in [3.63, 3.8) is 0 Å². The number of hydrogen-bond donors (Lipinski definition) is 1. The number of carbonyl (C=O) groups is 1. The number of ether oxygens (including phenoxy) is 1. The quantitative estimate of drug-likeness (QED) is 0.832. The van der Waals surface area contributed by atoms with Gasteiger partial charge in [-0.1, -0.05) is 24.3 Å². The number of piperidine rings is 1. The minimum absolute atomic E-state index is 0.134. The molecule has 18 heavy (non-hydrogen) atoms. The average molecular weight is 247 g/mol. The number of hydrogen-bond acceptors (Lipinski definition) is 3. The highest BCUT2D eigenvalue weighted by molar-refractivity contribution is 5.81. The molecule has 3 nitrogen and oxygen atoms in total. The molecule has 1 atom stereocenters. The van der Waals surface area contributed by atoms with Crippen LogP contribution in [0.2, 0.25) is 0 Å². The molecule has 1 N–H and O–H groups in total. The van der Waals surface area contributed by atoms with Crippen LogP contribution in [0.3, 0.4) is 0 Å². The fourth-order valence-corrected chi connectivity index (χ4v) is 2.69. The smallest absolute Gasteiger partial charge is 0.326 e. The number of benzene rings is 1. The Morgan fingerprint density at radius 2 is 2.17 bits per heavy atom. The van der Waals surface area contributed by atoms with Crippen LogP contribution < -0.4 is 5.32 Å². The second-order valence-corrected chi connectivity index (χ2v) is 5.06. The van der Waals surface area contributed by atoms with Crippen molar-refractivity contribution in [1.82, 2.24) is 5.32 Å². The summed E-state index contributed by atoms with van der Waals surface area (Å²) in [6.07, 6.45) is 3.78. The SMILES string of the molecule is COC(=O)C1(Cc2ccccc2C)CCCCN1. The molecule has 98 valence electrons. The molecule has 1 heterocycles. The zero-order valence-electron chi connectivity index (χ0n) is 11.2. The second-order valence-electron chi connectivity index (χ2n) is 5.06. The lowest BCUT2D eigenvalue weighted by molar-refractivity contribution is -0.149. The van der Waals surface area contributed by atoms with Gasteiger partial charge in [0.05, 0.1) is 7.11 Å². The third-order valence-electron chi connectivity index (χ3n) is 3.82. The second kappa shape index (κ2) is 5.53. The van der Waals surface area contributed by atoms with Crippen LogP contribution in [0.1, 0.15) is 30.4 Å². The van der Waals surface area contributed by atoms with Crippen LogP contribution in [0.5, 0.6) is 0 Å². The summed E-state index contributed by atoms with van der Waals surface area (Å²) in [6.45, 7) is 2.98. The molecule has 1 saturated heterocycles. The van der Waals surface area contributed by atoms with Crippen molar-refractivity contribution in [3.8, 4) is 0 Å². The zero-order valence-corrected chi connectivity index (χ0v) is 11.2. The van der Waals surface area contributed by atoms with Crippen molar-refractivity contribution in [2.24, 2.45) is 0 Å². The van der Waals surface area contributed by atoms with Gasteiger partial charge in [0.25, 0.3) is 0 Å². The molecule has 3 heteroatoms. The Morgan fingerprint density at radius 1 is 1.39 bits per heavy atom. The van der Waals surface area contributed by atoms with Crippen LogP contribution >= 0.6 is 0 Å². The summed E-state index contributed by atoms with van der Waals surface area (Å²) in [4.78, 5) is 12.1. The van der Waals surface area contributed by atoms with Gasteiger partial charge < -0.3 is 10.1 Å². The van der Waals surface area contributed by atoms with Gasteiger partial charge in [0.2, 0.25) is 0 Å². The molecular weight excluding hydrogens is 226 g/mol. The molecule has 1 unspecified atom stereocenters. The van der Waals surface area contributed by atoms with Crippen molar-refractivity contribution in [2.75, 3.05) is 13.7 Å². The van der Waals surface area contributed by atoms with Crippen molar-refractivity contribution in [3.05, 3.63) is 35.4 Å². The predicted molar refractivity (Wildman–Crippen MR) is 71.5 cm³/mol. The molecule has 0 spiro atoms. The summed E-state index contributed by atoms with van der Waals surface area (Å²) >= 11 is 0. The molecule has 2 rings (SSSR count). The van der Waals surface area contributed by atoms with Gasteiger partial charge >= 0.3 is 5.97 Å². The summed E-state index contributed by atoms with van der Waals surface area (Å²) in [5.74, 6) is -0.134. The summed E-state index contributed by atoms with van der Waals surface area (Å²) in [6, 6.07) is 8.23. The molecule has 1 fully saturated rings. The van der Waals surface area contributed by atoms with E-state index in [2.05, 4.69) is 24.4 Å². The van der Waals surface area contributed by atoms with Gasteiger partial charge in [-0.15, -0.1) is 0 Å². The standard InChI is InChI=1S/C15H21NO2/c1-12-7-3-4-8-13(12)11-15(14(17)18-2)9-5-6-10-16-15/h3-4,7-8,16H,5-6,9-11H2,1-2H3. The van der Waals surface area contributed by atoms with Gasteiger partial charge in [-0.3, -0.25) is 4.79 Å². The van der Waals surface area contributed by atoms with Crippen LogP contribution in [0.25, 0.3) is 0 Å². The molecule has 1 aliphatic heterocycles. The average Bonchev–Trinajstić information content (AvgIpc) is 2.41. The van der Waals surface area contributed by atoms with E-state index < -0.39 is 5.54 Å². The highest BCUT2D eigenvalue weighted by Crippen LogP contribution is 2.26. The van der Waals surface area contributed by atoms with E-state index in [-0.39, 0.29) is 5.97 Å². The Kier molecular flexibility index (Phi) is 4.02. The van der Waals surface area contributed by atoms with Gasteiger partial charge in [0.15, 0.2) is 0 Å². The minimum Gasteiger partial charge on any atom is -0.468 e. The molecule has 1 aromatic rings. The number of nitrogens with one attached hydrogen (secondary N) is 1. The summed E-state index contributed by atoms with van der Waals surface area (Å²) < 4.78 is 5.00. The largest absolute Gasteiger partial charge is 0.468 e. The lowest BCUT2D eigenvalue weighted by Gasteiger charge is -2.36. The summed E-state index contributed by atoms with van der Waals surface area (Å²) in [5.41, 5.74) is 1.92. The van der Waals surface area contributed by atoms with Gasteiger partial charge in [0.1, 0.15) is 5.54 Å². The normalized spacial score (nSPS) is 23.7. The number of carbonyl (C=O) groups excluding carboxylic acids is 1. The maximum atomic E-state index is 12.1. The topological polar surface area (TPSA) is 38.3 Å². The highest BCUT2D eigenvalue weighted by Gasteiger charge is 2.40. The maximum Gasteiger partial charge on any atom is 0.326 e. The van der Waals surface area contributed by atoms with Crippen LogP contribution in [-0.4, -0.2) is 25.2 Å². The van der Waals surface area contributed by atoms with Crippen LogP contribution in [0.15, 0.2) is 24.3 Å². The van der Waals surface area contributed by atoms with E-state index in [1.54, 1.807) is 0 Å². The Bertz CT molecular complexity index is 422. The lowest BCUT2D eigenvalue weighted by Crippen LogP contribution is -2.56. The monoisotopic (exact) mass is 247 g/mol. The van der Waals surface area contributed by atoms with E-state index in [9.17, 15) is 4.79 Å². The molecular formula is C15H21NO2. The van der Waals surface area contributed by atoms with E-state index in [4.69, 9.17) is 4.74 Å². The van der Waals surface area contributed by atoms with Crippen molar-refractivity contribution >= 4 is 5.97 Å². The zero-order chi connectivity index (χ0) is 13.0. The number of aryl methyl sites for hydroxylation is 1. The van der Waals surface area contributed by atoms with Crippen LogP contribution in [0.4, 0.5) is 0 Å². The number of esters is 1. The Balaban J connectivity index is 2.25. The highest BCUT2D eigenvalue weighted by atomic mass is 16.5. The van der Waals surface area contributed by atoms with Crippen LogP contribution in [-0.2, 0) is 16.0 Å². The Morgan fingerprint density at radius 3 is 2.78 bits per heavy atom. The van der Waals surface area contributed by atoms with E-state index in [1.807, 2.05) is 12.1 Å². The van der Waals surface area contributed by atoms with E-state index in [1.165, 1.54) is 18.2 Å². The molecule has 1 aliphatic rings. The number of rotatable bonds is 3. The summed E-state index contributed by atoms with van der Waals surface area (Å²) in [7, 11) is 1.47. The van der Waals surface area contributed by atoms with Crippen molar-refractivity contribution in [1.29, 1.82) is 0 Å². The van der Waals surface area contributed by atoms with Crippen LogP contribution in [0, 0.1) is 6.92 Å². The molecule has 0 bridgehead atoms. The first-order chi connectivity index (χ1) is 8.68. The first kappa shape index (κ1) is 13.1. The maximum absolute atomic E-state index is 12.1. The third kappa shape index (κ3) is 2.56. The van der Waals surface area contributed by atoms with Gasteiger partial charge in [-0.25, -0.2) is 0 Å². The molecule has 0 amide bonds. The fourth-order valence-electron chi connectivity index (χ4n) is 2.69. The minimum atomic E-state index is -0.529. The summed E-state index contributed by atoms with van der Waals surface area (Å²) in [5, 5.41) is 3.38. The third-order valence-corrected chi connectivity index (χ3v) is 3.82. The molecule has 0 aromatic heterocycles. The van der Waals surface area contributed by atoms with Gasteiger partial charge in [-0.05, 0) is 43.9 Å². The van der Waals surface area contributed by atoms with E-state index >= 15 is 0 Å². The molecule has 0 aliphatic carbocycles. The number of methoxy groups -OCH3 is 1. The first-order valence-corrected chi connectivity index (χ1v) is 6.56. The lowest BCUT2D eigenvalue weighted by atomic mass is 9.82. The predicted octanol–water partition coefficient (Wildman–Crippen LogP) is 2.22. The van der Waals surface area contributed by atoms with Gasteiger partial charge in [-0.2, -0.15) is 0 Å². The van der Waals surface area contributed by atoms with Gasteiger partial charge in [0, 0.05) is 6.42 Å². The first-order valence-electron chi connectivity index (χ1n) is 6.56. The fraction of sp³-hybridized carbons (Fsp3) is 0.533. The van der Waals surface area contributed by atoms with E-state index in [0.29, 0.717) is 6.42 Å². The molecule has 0 radical (unpaired) electrons. The molecule has 1 aromatic carbocycles. The van der Waals surface area contributed by atoms with Crippen molar-refractivity contribution < 1.29 is 9.53 Å². The Hall–Kier alpha value is -1.35. The van der Waals surface area contributed by atoms with E-state index in [0.717, 1.165) is 25.8 Å². The molecule has 0 saturated carbocycles.